The van der Waals surface area contributed by atoms with Crippen molar-refractivity contribution in [1.82, 2.24) is 0 Å². The van der Waals surface area contributed by atoms with E-state index in [1.807, 2.05) is 6.92 Å². The molecule has 1 aromatic rings. The van der Waals surface area contributed by atoms with Gasteiger partial charge in [-0.1, -0.05) is 0 Å². The average Bonchev–Trinajstić information content (AvgIpc) is 2.82. The van der Waals surface area contributed by atoms with Gasteiger partial charge in [0.1, 0.15) is 5.82 Å². The van der Waals surface area contributed by atoms with Crippen LogP contribution in [0.4, 0.5) is 10.1 Å². The zero-order valence-electron chi connectivity index (χ0n) is 11.1. The molecule has 104 valence electrons. The number of anilines is 1. The Bertz CT molecular complexity index is 464. The minimum atomic E-state index is -0.553. The summed E-state index contributed by atoms with van der Waals surface area (Å²) < 4.78 is 23.5. The summed E-state index contributed by atoms with van der Waals surface area (Å²) in [6.07, 6.45) is 2.44. The van der Waals surface area contributed by atoms with E-state index < -0.39 is 11.8 Å². The molecule has 0 radical (unpaired) electrons. The van der Waals surface area contributed by atoms with E-state index in [-0.39, 0.29) is 17.8 Å². The van der Waals surface area contributed by atoms with E-state index in [9.17, 15) is 9.18 Å². The van der Waals surface area contributed by atoms with Crippen molar-refractivity contribution in [3.8, 4) is 0 Å². The molecule has 2 unspecified atom stereocenters. The summed E-state index contributed by atoms with van der Waals surface area (Å²) in [5.41, 5.74) is 0.768. The fourth-order valence-corrected chi connectivity index (χ4v) is 2.21. The maximum absolute atomic E-state index is 13.2. The number of hydrogen-bond acceptors (Lipinski definition) is 4. The number of hydrogen-bond donors (Lipinski definition) is 1. The minimum Gasteiger partial charge on any atom is -0.465 e. The third-order valence-electron chi connectivity index (χ3n) is 3.23. The molecule has 1 aliphatic rings. The normalized spacial score (nSPS) is 22.3. The third-order valence-corrected chi connectivity index (χ3v) is 3.23. The van der Waals surface area contributed by atoms with Crippen LogP contribution in [0.15, 0.2) is 18.2 Å². The van der Waals surface area contributed by atoms with Crippen LogP contribution in [-0.4, -0.2) is 31.8 Å². The maximum Gasteiger partial charge on any atom is 0.340 e. The highest BCUT2D eigenvalue weighted by molar-refractivity contribution is 5.95. The number of methoxy groups -OCH3 is 1. The lowest BCUT2D eigenvalue weighted by atomic mass is 10.1. The van der Waals surface area contributed by atoms with Gasteiger partial charge in [-0.25, -0.2) is 9.18 Å². The third kappa shape index (κ3) is 3.44. The van der Waals surface area contributed by atoms with Crippen LogP contribution in [-0.2, 0) is 9.47 Å². The molecule has 0 aromatic heterocycles. The summed E-state index contributed by atoms with van der Waals surface area (Å²) in [6, 6.07) is 4.03. The summed E-state index contributed by atoms with van der Waals surface area (Å²) in [5.74, 6) is -1.01. The molecular weight excluding hydrogens is 249 g/mol. The summed E-state index contributed by atoms with van der Waals surface area (Å²) in [7, 11) is 1.28. The first-order valence-corrected chi connectivity index (χ1v) is 6.37. The average molecular weight is 267 g/mol. The van der Waals surface area contributed by atoms with E-state index >= 15 is 0 Å². The molecule has 19 heavy (non-hydrogen) atoms. The van der Waals surface area contributed by atoms with E-state index in [4.69, 9.17) is 4.74 Å². The van der Waals surface area contributed by atoms with E-state index in [1.165, 1.54) is 19.2 Å². The predicted octanol–water partition coefficient (Wildman–Crippen LogP) is 2.59. The van der Waals surface area contributed by atoms with Gasteiger partial charge in [0.25, 0.3) is 0 Å². The van der Waals surface area contributed by atoms with Gasteiger partial charge < -0.3 is 14.8 Å². The lowest BCUT2D eigenvalue weighted by molar-refractivity contribution is 0.0596. The number of carbonyl (C=O) groups excluding carboxylic acids is 1. The van der Waals surface area contributed by atoms with Crippen molar-refractivity contribution < 1.29 is 18.7 Å². The van der Waals surface area contributed by atoms with Gasteiger partial charge in [0.05, 0.1) is 24.9 Å². The van der Waals surface area contributed by atoms with Crippen molar-refractivity contribution in [2.24, 2.45) is 0 Å². The van der Waals surface area contributed by atoms with Crippen LogP contribution >= 0.6 is 0 Å². The van der Waals surface area contributed by atoms with Gasteiger partial charge in [-0.2, -0.15) is 0 Å². The molecular formula is C14H18FNO3. The van der Waals surface area contributed by atoms with Gasteiger partial charge in [-0.15, -0.1) is 0 Å². The zero-order chi connectivity index (χ0) is 13.8. The Morgan fingerprint density at radius 3 is 2.95 bits per heavy atom. The molecule has 5 heteroatoms. The number of nitrogens with one attached hydrogen (secondary N) is 1. The van der Waals surface area contributed by atoms with Crippen LogP contribution in [0.25, 0.3) is 0 Å². The van der Waals surface area contributed by atoms with E-state index in [2.05, 4.69) is 10.1 Å². The van der Waals surface area contributed by atoms with Crippen LogP contribution < -0.4 is 5.32 Å². The standard InChI is InChI=1S/C14H18FNO3/c1-9-3-5-11(19-9)8-16-13-6-4-10(15)7-12(13)14(17)18-2/h4,6-7,9,11,16H,3,5,8H2,1-2H3. The number of ether oxygens (including phenoxy) is 2. The van der Waals surface area contributed by atoms with Crippen molar-refractivity contribution in [2.75, 3.05) is 19.0 Å². The highest BCUT2D eigenvalue weighted by atomic mass is 19.1. The van der Waals surface area contributed by atoms with Crippen molar-refractivity contribution in [3.05, 3.63) is 29.6 Å². The van der Waals surface area contributed by atoms with Crippen LogP contribution in [0.1, 0.15) is 30.1 Å². The maximum atomic E-state index is 13.2. The summed E-state index contributed by atoms with van der Waals surface area (Å²) >= 11 is 0. The van der Waals surface area contributed by atoms with Crippen molar-refractivity contribution in [2.45, 2.75) is 32.0 Å². The summed E-state index contributed by atoms with van der Waals surface area (Å²) in [4.78, 5) is 11.6. The molecule has 2 atom stereocenters. The monoisotopic (exact) mass is 267 g/mol. The Labute approximate surface area is 111 Å². The molecule has 2 rings (SSSR count). The Kier molecular flexibility index (Phi) is 4.37. The highest BCUT2D eigenvalue weighted by Crippen LogP contribution is 2.22. The predicted molar refractivity (Wildman–Crippen MR) is 69.8 cm³/mol. The topological polar surface area (TPSA) is 47.6 Å². The van der Waals surface area contributed by atoms with Gasteiger partial charge in [0.2, 0.25) is 0 Å². The quantitative estimate of drug-likeness (QED) is 0.852. The van der Waals surface area contributed by atoms with Crippen LogP contribution in [0.3, 0.4) is 0 Å². The van der Waals surface area contributed by atoms with Gasteiger partial charge in [0.15, 0.2) is 0 Å². The summed E-state index contributed by atoms with van der Waals surface area (Å²) in [5, 5.41) is 3.13. The molecule has 1 saturated heterocycles. The molecule has 0 bridgehead atoms. The molecule has 0 aliphatic carbocycles. The summed E-state index contributed by atoms with van der Waals surface area (Å²) in [6.45, 7) is 2.64. The minimum absolute atomic E-state index is 0.130. The second-order valence-electron chi connectivity index (χ2n) is 4.71. The van der Waals surface area contributed by atoms with Gasteiger partial charge in [0, 0.05) is 12.2 Å². The number of carbonyl (C=O) groups is 1. The Morgan fingerprint density at radius 1 is 1.53 bits per heavy atom. The number of esters is 1. The van der Waals surface area contributed by atoms with E-state index in [1.54, 1.807) is 6.07 Å². The van der Waals surface area contributed by atoms with E-state index in [0.717, 1.165) is 12.8 Å². The molecule has 0 amide bonds. The molecule has 1 aliphatic heterocycles. The molecule has 1 N–H and O–H groups in total. The Hall–Kier alpha value is -1.62. The zero-order valence-corrected chi connectivity index (χ0v) is 11.1. The van der Waals surface area contributed by atoms with Crippen molar-refractivity contribution in [1.29, 1.82) is 0 Å². The largest absolute Gasteiger partial charge is 0.465 e. The first-order chi connectivity index (χ1) is 9.10. The molecule has 1 fully saturated rings. The number of halogens is 1. The Morgan fingerprint density at radius 2 is 2.32 bits per heavy atom. The number of rotatable bonds is 4. The molecule has 1 aromatic carbocycles. The van der Waals surface area contributed by atoms with Gasteiger partial charge in [-0.05, 0) is 38.0 Å². The van der Waals surface area contributed by atoms with Crippen molar-refractivity contribution >= 4 is 11.7 Å². The van der Waals surface area contributed by atoms with Crippen LogP contribution in [0, 0.1) is 5.82 Å². The second kappa shape index (κ2) is 6.02. The fraction of sp³-hybridized carbons (Fsp3) is 0.500. The van der Waals surface area contributed by atoms with Crippen LogP contribution in [0.5, 0.6) is 0 Å². The fourth-order valence-electron chi connectivity index (χ4n) is 2.21. The SMILES string of the molecule is COC(=O)c1cc(F)ccc1NCC1CCC(C)O1. The lowest BCUT2D eigenvalue weighted by Gasteiger charge is -2.15. The Balaban J connectivity index is 2.05. The van der Waals surface area contributed by atoms with Gasteiger partial charge in [-0.3, -0.25) is 0 Å². The number of benzene rings is 1. The van der Waals surface area contributed by atoms with Crippen LogP contribution in [0.2, 0.25) is 0 Å². The van der Waals surface area contributed by atoms with E-state index in [0.29, 0.717) is 12.2 Å². The van der Waals surface area contributed by atoms with Gasteiger partial charge >= 0.3 is 5.97 Å². The molecule has 0 saturated carbocycles. The second-order valence-corrected chi connectivity index (χ2v) is 4.71. The first kappa shape index (κ1) is 13.8. The molecule has 1 heterocycles. The smallest absolute Gasteiger partial charge is 0.340 e. The lowest BCUT2D eigenvalue weighted by Crippen LogP contribution is -2.21. The molecule has 4 nitrogen and oxygen atoms in total. The highest BCUT2D eigenvalue weighted by Gasteiger charge is 2.22. The first-order valence-electron chi connectivity index (χ1n) is 6.37. The molecule has 0 spiro atoms. The van der Waals surface area contributed by atoms with Crippen molar-refractivity contribution in [3.63, 3.8) is 0 Å².